The Balaban J connectivity index is 1.83. The molecule has 2 heterocycles. The number of nitrogens with zero attached hydrogens (tertiary/aromatic N) is 4. The summed E-state index contributed by atoms with van der Waals surface area (Å²) in [7, 11) is 0. The minimum Gasteiger partial charge on any atom is -0.292 e. The molecule has 106 valence electrons. The number of nitrogens with one attached hydrogen (secondary N) is 1. The fraction of sp³-hybridized carbons (Fsp3) is 0.0714. The third-order valence-electron chi connectivity index (χ3n) is 2.91. The third kappa shape index (κ3) is 2.97. The first kappa shape index (κ1) is 13.8. The van der Waals surface area contributed by atoms with Gasteiger partial charge in [0.05, 0.1) is 11.9 Å². The van der Waals surface area contributed by atoms with Crippen LogP contribution in [0.2, 0.25) is 0 Å². The second-order valence-corrected chi connectivity index (χ2v) is 5.46. The summed E-state index contributed by atoms with van der Waals surface area (Å²) in [5, 5.41) is 7.12. The molecule has 0 aliphatic carbocycles. The topological polar surface area (TPSA) is 62.5 Å². The number of amides is 2. The van der Waals surface area contributed by atoms with Crippen LogP contribution < -0.4 is 5.32 Å². The molecule has 0 atom stereocenters. The van der Waals surface area contributed by atoms with E-state index >= 15 is 0 Å². The van der Waals surface area contributed by atoms with E-state index in [4.69, 9.17) is 0 Å². The Kier molecular flexibility index (Phi) is 4.00. The second-order valence-electron chi connectivity index (χ2n) is 4.29. The lowest BCUT2D eigenvalue weighted by Crippen LogP contribution is -2.32. The molecule has 0 fully saturated rings. The molecule has 3 rings (SSSR count). The molecule has 0 saturated heterocycles. The maximum absolute atomic E-state index is 12.2. The number of rotatable bonds is 2. The molecule has 1 aliphatic heterocycles. The van der Waals surface area contributed by atoms with E-state index in [0.717, 1.165) is 9.26 Å². The highest BCUT2D eigenvalue weighted by Crippen LogP contribution is 2.20. The Morgan fingerprint density at radius 3 is 2.90 bits per heavy atom. The number of hydrogen-bond acceptors (Lipinski definition) is 3. The monoisotopic (exact) mass is 393 g/mol. The van der Waals surface area contributed by atoms with Gasteiger partial charge in [0.15, 0.2) is 0 Å². The first-order chi connectivity index (χ1) is 10.3. The Hall–Kier alpha value is -2.16. The molecule has 2 aromatic rings. The van der Waals surface area contributed by atoms with E-state index in [2.05, 4.69) is 38.0 Å². The molecular weight excluding hydrogens is 381 g/mol. The van der Waals surface area contributed by atoms with Gasteiger partial charge in [-0.1, -0.05) is 12.1 Å². The largest absolute Gasteiger partial charge is 0.328 e. The lowest BCUT2D eigenvalue weighted by Gasteiger charge is -2.19. The predicted octanol–water partition coefficient (Wildman–Crippen LogP) is 2.87. The Morgan fingerprint density at radius 2 is 2.14 bits per heavy atom. The highest BCUT2D eigenvalue weighted by atomic mass is 127. The number of para-hydroxylation sites is 1. The second kappa shape index (κ2) is 6.08. The van der Waals surface area contributed by atoms with E-state index in [1.54, 1.807) is 35.4 Å². The standard InChI is InChI=1S/C14H12IN5O/c15-11-4-1-2-5-12(11)20-13(6-8-17-20)18-14(21)19-9-3-7-16-10-19/h1-9H,10H2,(H,18,21). The zero-order valence-electron chi connectivity index (χ0n) is 11.0. The molecule has 2 amide bonds. The van der Waals surface area contributed by atoms with Crippen molar-refractivity contribution >= 4 is 40.7 Å². The molecular formula is C14H12IN5O. The van der Waals surface area contributed by atoms with E-state index in [9.17, 15) is 4.79 Å². The van der Waals surface area contributed by atoms with Crippen LogP contribution in [0.15, 0.2) is 53.8 Å². The summed E-state index contributed by atoms with van der Waals surface area (Å²) in [6.45, 7) is 0.319. The fourth-order valence-corrected chi connectivity index (χ4v) is 2.53. The van der Waals surface area contributed by atoms with Gasteiger partial charge in [-0.15, -0.1) is 0 Å². The molecule has 7 heteroatoms. The number of carbonyl (C=O) groups is 1. The molecule has 0 bridgehead atoms. The summed E-state index contributed by atoms with van der Waals surface area (Å²) in [5.41, 5.74) is 0.922. The maximum Gasteiger partial charge on any atom is 0.328 e. The van der Waals surface area contributed by atoms with Gasteiger partial charge in [-0.25, -0.2) is 9.48 Å². The zero-order valence-corrected chi connectivity index (χ0v) is 13.1. The van der Waals surface area contributed by atoms with Gasteiger partial charge < -0.3 is 0 Å². The van der Waals surface area contributed by atoms with Gasteiger partial charge >= 0.3 is 6.03 Å². The minimum absolute atomic E-state index is 0.240. The number of carbonyl (C=O) groups excluding carboxylic acids is 1. The van der Waals surface area contributed by atoms with Crippen molar-refractivity contribution in [2.75, 3.05) is 12.0 Å². The number of hydrogen-bond donors (Lipinski definition) is 1. The Labute approximate surface area is 135 Å². The fourth-order valence-electron chi connectivity index (χ4n) is 1.91. The van der Waals surface area contributed by atoms with Crippen LogP contribution in [0.3, 0.4) is 0 Å². The van der Waals surface area contributed by atoms with Gasteiger partial charge in [0.2, 0.25) is 0 Å². The van der Waals surface area contributed by atoms with Crippen LogP contribution in [0.25, 0.3) is 5.69 Å². The summed E-state index contributed by atoms with van der Waals surface area (Å²) >= 11 is 2.24. The predicted molar refractivity (Wildman–Crippen MR) is 89.6 cm³/mol. The summed E-state index contributed by atoms with van der Waals surface area (Å²) in [4.78, 5) is 17.7. The number of halogens is 1. The van der Waals surface area contributed by atoms with Crippen LogP contribution in [-0.2, 0) is 0 Å². The number of anilines is 1. The van der Waals surface area contributed by atoms with E-state index < -0.39 is 0 Å². The first-order valence-corrected chi connectivity index (χ1v) is 7.37. The van der Waals surface area contributed by atoms with Crippen molar-refractivity contribution in [1.82, 2.24) is 14.7 Å². The summed E-state index contributed by atoms with van der Waals surface area (Å²) in [5.74, 6) is 0.618. The zero-order chi connectivity index (χ0) is 14.7. The lowest BCUT2D eigenvalue weighted by atomic mass is 10.3. The summed E-state index contributed by atoms with van der Waals surface area (Å²) in [6, 6.07) is 9.37. The van der Waals surface area contributed by atoms with Crippen molar-refractivity contribution in [3.05, 3.63) is 52.4 Å². The summed E-state index contributed by atoms with van der Waals surface area (Å²) < 4.78 is 2.76. The Bertz CT molecular complexity index is 722. The molecule has 1 N–H and O–H groups in total. The molecule has 6 nitrogen and oxygen atoms in total. The van der Waals surface area contributed by atoms with Gasteiger partial charge in [-0.2, -0.15) is 5.10 Å². The highest BCUT2D eigenvalue weighted by molar-refractivity contribution is 14.1. The van der Waals surface area contributed by atoms with Gasteiger partial charge in [-0.05, 0) is 40.8 Å². The molecule has 21 heavy (non-hydrogen) atoms. The van der Waals surface area contributed by atoms with Crippen LogP contribution in [0.4, 0.5) is 10.6 Å². The van der Waals surface area contributed by atoms with Gasteiger partial charge in [-0.3, -0.25) is 15.2 Å². The third-order valence-corrected chi connectivity index (χ3v) is 3.82. The SMILES string of the molecule is O=C(Nc1ccnn1-c1ccccc1I)N1C=CC=NC1. The van der Waals surface area contributed by atoms with Crippen molar-refractivity contribution in [3.8, 4) is 5.69 Å². The van der Waals surface area contributed by atoms with Gasteiger partial charge in [0, 0.05) is 22.1 Å². The van der Waals surface area contributed by atoms with Crippen LogP contribution in [0, 0.1) is 3.57 Å². The number of urea groups is 1. The van der Waals surface area contributed by atoms with Gasteiger partial charge in [0.1, 0.15) is 12.5 Å². The van der Waals surface area contributed by atoms with Crippen molar-refractivity contribution in [2.45, 2.75) is 0 Å². The van der Waals surface area contributed by atoms with Crippen molar-refractivity contribution < 1.29 is 4.79 Å². The van der Waals surface area contributed by atoms with Gasteiger partial charge in [0.25, 0.3) is 0 Å². The van der Waals surface area contributed by atoms with Crippen LogP contribution in [-0.4, -0.2) is 33.6 Å². The Morgan fingerprint density at radius 1 is 1.29 bits per heavy atom. The average Bonchev–Trinajstić information content (AvgIpc) is 2.96. The molecule has 1 aromatic heterocycles. The molecule has 0 saturated carbocycles. The molecule has 0 spiro atoms. The number of aliphatic imine (C=N–C) groups is 1. The van der Waals surface area contributed by atoms with Crippen LogP contribution in [0.1, 0.15) is 0 Å². The van der Waals surface area contributed by atoms with Crippen LogP contribution in [0.5, 0.6) is 0 Å². The molecule has 1 aliphatic rings. The molecule has 0 unspecified atom stereocenters. The van der Waals surface area contributed by atoms with Crippen molar-refractivity contribution in [3.63, 3.8) is 0 Å². The number of aromatic nitrogens is 2. The quantitative estimate of drug-likeness (QED) is 0.798. The highest BCUT2D eigenvalue weighted by Gasteiger charge is 2.15. The van der Waals surface area contributed by atoms with Crippen molar-refractivity contribution in [2.24, 2.45) is 4.99 Å². The van der Waals surface area contributed by atoms with E-state index in [-0.39, 0.29) is 6.03 Å². The first-order valence-electron chi connectivity index (χ1n) is 6.29. The average molecular weight is 393 g/mol. The number of allylic oxidation sites excluding steroid dienone is 1. The van der Waals surface area contributed by atoms with E-state index in [1.165, 1.54) is 4.90 Å². The van der Waals surface area contributed by atoms with E-state index in [1.807, 2.05) is 24.3 Å². The smallest absolute Gasteiger partial charge is 0.292 e. The minimum atomic E-state index is -0.240. The lowest BCUT2D eigenvalue weighted by molar-refractivity contribution is 0.229. The van der Waals surface area contributed by atoms with Crippen LogP contribution >= 0.6 is 22.6 Å². The van der Waals surface area contributed by atoms with E-state index in [0.29, 0.717) is 12.5 Å². The van der Waals surface area contributed by atoms with Crippen molar-refractivity contribution in [1.29, 1.82) is 0 Å². The molecule has 1 aromatic carbocycles. The summed E-state index contributed by atoms with van der Waals surface area (Å²) in [6.07, 6.45) is 6.74. The number of benzene rings is 1. The maximum atomic E-state index is 12.2. The molecule has 0 radical (unpaired) electrons. The normalized spacial score (nSPS) is 13.5.